The maximum absolute atomic E-state index is 11.4. The fourth-order valence-corrected chi connectivity index (χ4v) is 2.48. The number of hydrogen-bond donors (Lipinski definition) is 3. The molecule has 0 atom stereocenters. The summed E-state index contributed by atoms with van der Waals surface area (Å²) >= 11 is 0. The second-order valence-electron chi connectivity index (χ2n) is 4.61. The predicted octanol–water partition coefficient (Wildman–Crippen LogP) is 2.48. The molecule has 0 bridgehead atoms. The first-order chi connectivity index (χ1) is 10.2. The summed E-state index contributed by atoms with van der Waals surface area (Å²) < 4.78 is 32.1. The lowest BCUT2D eigenvalue weighted by Gasteiger charge is -2.11. The Morgan fingerprint density at radius 2 is 1.91 bits per heavy atom. The molecule has 0 aliphatic heterocycles. The number of hydrogen-bond acceptors (Lipinski definition) is 6. The maximum atomic E-state index is 11.4. The highest BCUT2D eigenvalue weighted by atomic mass is 32.2. The molecule has 0 aliphatic rings. The average Bonchev–Trinajstić information content (AvgIpc) is 2.42. The van der Waals surface area contributed by atoms with Crippen LogP contribution in [0.4, 0.5) is 22.7 Å². The minimum Gasteiger partial charge on any atom is -0.398 e. The molecule has 0 aliphatic carbocycles. The second kappa shape index (κ2) is 5.62. The zero-order valence-corrected chi connectivity index (χ0v) is 12.3. The number of nitro benzene ring substituents is 1. The normalized spacial score (nSPS) is 11.2. The summed E-state index contributed by atoms with van der Waals surface area (Å²) in [5, 5.41) is 13.5. The van der Waals surface area contributed by atoms with Crippen LogP contribution in [0.1, 0.15) is 5.56 Å². The first-order valence-electron chi connectivity index (χ1n) is 6.07. The van der Waals surface area contributed by atoms with Crippen LogP contribution in [-0.2, 0) is 10.1 Å². The molecule has 8 nitrogen and oxygen atoms in total. The van der Waals surface area contributed by atoms with Crippen molar-refractivity contribution >= 4 is 32.9 Å². The van der Waals surface area contributed by atoms with E-state index in [9.17, 15) is 23.1 Å². The second-order valence-corrected chi connectivity index (χ2v) is 6.00. The molecule has 0 aromatic heterocycles. The van der Waals surface area contributed by atoms with Crippen molar-refractivity contribution in [3.63, 3.8) is 0 Å². The predicted molar refractivity (Wildman–Crippen MR) is 81.8 cm³/mol. The van der Waals surface area contributed by atoms with E-state index in [1.165, 1.54) is 6.07 Å². The van der Waals surface area contributed by atoms with Gasteiger partial charge in [-0.1, -0.05) is 6.07 Å². The molecule has 22 heavy (non-hydrogen) atoms. The van der Waals surface area contributed by atoms with E-state index >= 15 is 0 Å². The number of nitro groups is 1. The van der Waals surface area contributed by atoms with Crippen molar-refractivity contribution in [3.8, 4) is 0 Å². The van der Waals surface area contributed by atoms with Crippen LogP contribution in [0.5, 0.6) is 0 Å². The van der Waals surface area contributed by atoms with E-state index in [1.54, 1.807) is 18.2 Å². The quantitative estimate of drug-likeness (QED) is 0.340. The summed E-state index contributed by atoms with van der Waals surface area (Å²) in [7, 11) is -4.63. The number of nitrogens with two attached hydrogens (primary N) is 1. The lowest BCUT2D eigenvalue weighted by Crippen LogP contribution is -2.05. The third-order valence-electron chi connectivity index (χ3n) is 3.01. The zero-order valence-electron chi connectivity index (χ0n) is 11.5. The third kappa shape index (κ3) is 3.32. The van der Waals surface area contributed by atoms with Gasteiger partial charge in [0.15, 0.2) is 0 Å². The van der Waals surface area contributed by atoms with Gasteiger partial charge in [0, 0.05) is 23.5 Å². The van der Waals surface area contributed by atoms with Gasteiger partial charge in [-0.15, -0.1) is 0 Å². The molecule has 2 rings (SSSR count). The van der Waals surface area contributed by atoms with Crippen LogP contribution >= 0.6 is 0 Å². The van der Waals surface area contributed by atoms with Crippen molar-refractivity contribution < 1.29 is 17.9 Å². The molecule has 0 radical (unpaired) electrons. The topological polar surface area (TPSA) is 136 Å². The lowest BCUT2D eigenvalue weighted by atomic mass is 10.2. The summed E-state index contributed by atoms with van der Waals surface area (Å²) in [6.45, 7) is 1.81. The Morgan fingerprint density at radius 3 is 2.45 bits per heavy atom. The first kappa shape index (κ1) is 15.7. The van der Waals surface area contributed by atoms with Crippen LogP contribution in [0.2, 0.25) is 0 Å². The van der Waals surface area contributed by atoms with Gasteiger partial charge in [-0.05, 0) is 30.7 Å². The monoisotopic (exact) mass is 323 g/mol. The number of nitrogens with zero attached hydrogens (tertiary/aromatic N) is 1. The fraction of sp³-hybridized carbons (Fsp3) is 0.0769. The van der Waals surface area contributed by atoms with E-state index in [0.717, 1.165) is 17.7 Å². The summed E-state index contributed by atoms with van der Waals surface area (Å²) in [4.78, 5) is 9.39. The van der Waals surface area contributed by atoms with Gasteiger partial charge < -0.3 is 11.1 Å². The van der Waals surface area contributed by atoms with Crippen LogP contribution in [0.25, 0.3) is 0 Å². The van der Waals surface area contributed by atoms with Gasteiger partial charge in [0.05, 0.1) is 10.6 Å². The molecule has 0 unspecified atom stereocenters. The van der Waals surface area contributed by atoms with E-state index in [0.29, 0.717) is 11.4 Å². The van der Waals surface area contributed by atoms with Gasteiger partial charge >= 0.3 is 0 Å². The molecule has 4 N–H and O–H groups in total. The third-order valence-corrected chi connectivity index (χ3v) is 3.91. The van der Waals surface area contributed by atoms with Crippen LogP contribution in [0.3, 0.4) is 0 Å². The number of non-ortho nitro benzene ring substituents is 1. The van der Waals surface area contributed by atoms with Gasteiger partial charge in [0.25, 0.3) is 15.8 Å². The molecule has 0 saturated heterocycles. The van der Waals surface area contributed by atoms with Gasteiger partial charge in [0.1, 0.15) is 4.90 Å². The molecular weight excluding hydrogens is 310 g/mol. The van der Waals surface area contributed by atoms with Gasteiger partial charge in [-0.25, -0.2) is 0 Å². The van der Waals surface area contributed by atoms with E-state index < -0.39 is 25.6 Å². The molecular formula is C13H13N3O5S. The highest BCUT2D eigenvalue weighted by molar-refractivity contribution is 7.86. The molecule has 0 heterocycles. The van der Waals surface area contributed by atoms with Gasteiger partial charge in [0.2, 0.25) is 0 Å². The molecule has 9 heteroatoms. The Morgan fingerprint density at radius 1 is 1.23 bits per heavy atom. The Kier molecular flexibility index (Phi) is 4.02. The van der Waals surface area contributed by atoms with E-state index in [-0.39, 0.29) is 5.69 Å². The van der Waals surface area contributed by atoms with E-state index in [1.807, 2.05) is 6.92 Å². The van der Waals surface area contributed by atoms with Gasteiger partial charge in [-0.2, -0.15) is 8.42 Å². The highest BCUT2D eigenvalue weighted by Crippen LogP contribution is 2.29. The van der Waals surface area contributed by atoms with E-state index in [2.05, 4.69) is 5.32 Å². The van der Waals surface area contributed by atoms with Crippen LogP contribution in [-0.4, -0.2) is 17.9 Å². The largest absolute Gasteiger partial charge is 0.398 e. The van der Waals surface area contributed by atoms with Crippen molar-refractivity contribution in [2.45, 2.75) is 11.8 Å². The number of nitrogen functional groups attached to an aromatic ring is 1. The van der Waals surface area contributed by atoms with Crippen molar-refractivity contribution in [1.82, 2.24) is 0 Å². The average molecular weight is 323 g/mol. The van der Waals surface area contributed by atoms with Crippen LogP contribution in [0.15, 0.2) is 41.3 Å². The lowest BCUT2D eigenvalue weighted by molar-refractivity contribution is -0.385. The van der Waals surface area contributed by atoms with Gasteiger partial charge in [-0.3, -0.25) is 14.7 Å². The molecule has 0 fully saturated rings. The number of benzene rings is 2. The summed E-state index contributed by atoms with van der Waals surface area (Å²) in [5.74, 6) is 0. The SMILES string of the molecule is Cc1ccc(Nc2ccc([N+](=O)[O-])cc2S(=O)(=O)O)cc1N. The minimum absolute atomic E-state index is 0.0105. The number of aryl methyl sites for hydroxylation is 1. The first-order valence-corrected chi connectivity index (χ1v) is 7.51. The minimum atomic E-state index is -4.63. The summed E-state index contributed by atoms with van der Waals surface area (Å²) in [6.07, 6.45) is 0. The van der Waals surface area contributed by atoms with Crippen molar-refractivity contribution in [2.24, 2.45) is 0 Å². The maximum Gasteiger partial charge on any atom is 0.296 e. The van der Waals surface area contributed by atoms with Crippen molar-refractivity contribution in [2.75, 3.05) is 11.1 Å². The smallest absolute Gasteiger partial charge is 0.296 e. The fourth-order valence-electron chi connectivity index (χ4n) is 1.82. The van der Waals surface area contributed by atoms with E-state index in [4.69, 9.17) is 5.73 Å². The zero-order chi connectivity index (χ0) is 16.5. The molecule has 0 amide bonds. The Bertz CT molecular complexity index is 849. The number of nitrogens with one attached hydrogen (secondary N) is 1. The molecule has 0 spiro atoms. The van der Waals surface area contributed by atoms with Crippen molar-refractivity contribution in [1.29, 1.82) is 0 Å². The molecule has 2 aromatic rings. The van der Waals surface area contributed by atoms with Crippen LogP contribution in [0, 0.1) is 17.0 Å². The Balaban J connectivity index is 2.50. The van der Waals surface area contributed by atoms with Crippen molar-refractivity contribution in [3.05, 3.63) is 52.1 Å². The molecule has 116 valence electrons. The standard InChI is InChI=1S/C13H13N3O5S/c1-8-2-3-9(6-11(8)14)15-12-5-4-10(16(17)18)7-13(12)22(19,20)21/h2-7,15H,14H2,1H3,(H,19,20,21). The molecule has 0 saturated carbocycles. The molecule has 2 aromatic carbocycles. The number of anilines is 3. The number of rotatable bonds is 4. The van der Waals surface area contributed by atoms with Crippen LogP contribution < -0.4 is 11.1 Å². The Hall–Kier alpha value is -2.65. The highest BCUT2D eigenvalue weighted by Gasteiger charge is 2.20. The summed E-state index contributed by atoms with van der Waals surface area (Å²) in [6, 6.07) is 8.11. The Labute approximate surface area is 126 Å². The summed E-state index contributed by atoms with van der Waals surface area (Å²) in [5.41, 5.74) is 7.17.